The highest BCUT2D eigenvalue weighted by molar-refractivity contribution is 7.93. The molecule has 1 amide bonds. The summed E-state index contributed by atoms with van der Waals surface area (Å²) in [7, 11) is -8.06. The van der Waals surface area contributed by atoms with Crippen molar-refractivity contribution in [2.24, 2.45) is 0 Å². The van der Waals surface area contributed by atoms with Gasteiger partial charge in [-0.25, -0.2) is 16.8 Å². The Balaban J connectivity index is 1.56. The Morgan fingerprint density at radius 1 is 0.805 bits per heavy atom. The monoisotopic (exact) mass is 631 g/mol. The Labute approximate surface area is 250 Å². The van der Waals surface area contributed by atoms with Crippen LogP contribution in [-0.4, -0.2) is 29.3 Å². The van der Waals surface area contributed by atoms with Crippen LogP contribution in [0.1, 0.15) is 16.7 Å². The first-order chi connectivity index (χ1) is 19.3. The van der Waals surface area contributed by atoms with Crippen LogP contribution >= 0.6 is 23.2 Å². The maximum atomic E-state index is 13.7. The molecular formula is C29H27Cl2N3O5S2. The highest BCUT2D eigenvalue weighted by Crippen LogP contribution is 2.30. The Morgan fingerprint density at radius 2 is 1.44 bits per heavy atom. The van der Waals surface area contributed by atoms with Gasteiger partial charge in [0.1, 0.15) is 6.54 Å². The second kappa shape index (κ2) is 12.1. The van der Waals surface area contributed by atoms with Crippen molar-refractivity contribution in [1.29, 1.82) is 0 Å². The summed E-state index contributed by atoms with van der Waals surface area (Å²) in [5.74, 6) is -0.627. The van der Waals surface area contributed by atoms with Gasteiger partial charge in [-0.3, -0.25) is 13.8 Å². The zero-order valence-corrected chi connectivity index (χ0v) is 25.5. The highest BCUT2D eigenvalue weighted by Gasteiger charge is 2.28. The number of nitrogens with one attached hydrogen (secondary N) is 2. The van der Waals surface area contributed by atoms with E-state index in [2.05, 4.69) is 10.0 Å². The average Bonchev–Trinajstić information content (AvgIpc) is 2.91. The lowest BCUT2D eigenvalue weighted by atomic mass is 10.2. The second-order valence-corrected chi connectivity index (χ2v) is 13.7. The highest BCUT2D eigenvalue weighted by atomic mass is 35.5. The summed E-state index contributed by atoms with van der Waals surface area (Å²) < 4.78 is 56.6. The van der Waals surface area contributed by atoms with Crippen molar-refractivity contribution in [3.8, 4) is 0 Å². The first-order valence-corrected chi connectivity index (χ1v) is 16.0. The number of carbonyl (C=O) groups is 1. The van der Waals surface area contributed by atoms with Gasteiger partial charge in [0.15, 0.2) is 0 Å². The lowest BCUT2D eigenvalue weighted by Gasteiger charge is -2.26. The summed E-state index contributed by atoms with van der Waals surface area (Å²) >= 11 is 12.2. The number of carbonyl (C=O) groups excluding carboxylic acids is 1. The summed E-state index contributed by atoms with van der Waals surface area (Å²) in [5.41, 5.74) is 2.98. The molecule has 0 saturated heterocycles. The maximum absolute atomic E-state index is 13.7. The van der Waals surface area contributed by atoms with Gasteiger partial charge in [0.2, 0.25) is 5.91 Å². The van der Waals surface area contributed by atoms with E-state index in [1.165, 1.54) is 36.4 Å². The SMILES string of the molecule is Cc1ccc(S(=O)(=O)N(CC(=O)Nc2ccc(S(=O)(=O)Nc3cccc(Cl)c3C)cc2)c2ccc(Cl)cc2C)cc1. The largest absolute Gasteiger partial charge is 0.325 e. The normalized spacial score (nSPS) is 11.6. The Kier molecular flexibility index (Phi) is 8.98. The smallest absolute Gasteiger partial charge is 0.264 e. The Hall–Kier alpha value is -3.57. The second-order valence-electron chi connectivity index (χ2n) is 9.35. The van der Waals surface area contributed by atoms with E-state index in [0.29, 0.717) is 32.5 Å². The molecule has 0 aromatic heterocycles. The molecule has 0 saturated carbocycles. The number of amides is 1. The van der Waals surface area contributed by atoms with Crippen molar-refractivity contribution in [1.82, 2.24) is 0 Å². The number of sulfonamides is 2. The van der Waals surface area contributed by atoms with Crippen LogP contribution < -0.4 is 14.3 Å². The number of hydrogen-bond donors (Lipinski definition) is 2. The summed E-state index contributed by atoms with van der Waals surface area (Å²) in [4.78, 5) is 13.1. The lowest BCUT2D eigenvalue weighted by molar-refractivity contribution is -0.114. The summed E-state index contributed by atoms with van der Waals surface area (Å²) in [6, 6.07) is 21.5. The minimum Gasteiger partial charge on any atom is -0.325 e. The number of aryl methyl sites for hydroxylation is 2. The minimum atomic E-state index is -4.12. The molecule has 8 nitrogen and oxygen atoms in total. The molecule has 0 fully saturated rings. The van der Waals surface area contributed by atoms with E-state index in [4.69, 9.17) is 23.2 Å². The molecule has 4 rings (SSSR count). The van der Waals surface area contributed by atoms with Crippen LogP contribution in [0.25, 0.3) is 0 Å². The van der Waals surface area contributed by atoms with Crippen molar-refractivity contribution in [2.45, 2.75) is 30.6 Å². The molecule has 2 N–H and O–H groups in total. The van der Waals surface area contributed by atoms with E-state index in [1.54, 1.807) is 62.4 Å². The molecule has 0 aliphatic heterocycles. The number of halogens is 2. The van der Waals surface area contributed by atoms with Crippen LogP contribution in [0, 0.1) is 20.8 Å². The topological polar surface area (TPSA) is 113 Å². The molecule has 0 bridgehead atoms. The van der Waals surface area contributed by atoms with Crippen LogP contribution in [0.15, 0.2) is 94.7 Å². The van der Waals surface area contributed by atoms with Crippen molar-refractivity contribution >= 4 is 66.2 Å². The molecule has 0 unspecified atom stereocenters. The fraction of sp³-hybridized carbons (Fsp3) is 0.138. The number of anilines is 3. The molecule has 4 aromatic rings. The van der Waals surface area contributed by atoms with E-state index in [0.717, 1.165) is 9.87 Å². The van der Waals surface area contributed by atoms with Crippen molar-refractivity contribution in [3.05, 3.63) is 112 Å². The van der Waals surface area contributed by atoms with E-state index in [9.17, 15) is 21.6 Å². The third-order valence-corrected chi connectivity index (χ3v) is 10.1. The third kappa shape index (κ3) is 7.02. The van der Waals surface area contributed by atoms with Crippen molar-refractivity contribution in [3.63, 3.8) is 0 Å². The number of benzene rings is 4. The Bertz CT molecular complexity index is 1810. The van der Waals surface area contributed by atoms with E-state index >= 15 is 0 Å². The third-order valence-electron chi connectivity index (χ3n) is 6.28. The standard InChI is InChI=1S/C29H27Cl2N3O5S2/c1-19-7-12-25(13-8-19)41(38,39)34(28-16-9-22(30)17-20(28)2)18-29(35)32-23-10-14-24(15-11-23)40(36,37)33-27-6-4-5-26(31)21(27)3/h4-17,33H,18H2,1-3H3,(H,32,35). The molecule has 0 aliphatic rings. The van der Waals surface area contributed by atoms with Gasteiger partial charge in [-0.1, -0.05) is 47.0 Å². The molecule has 12 heteroatoms. The molecular weight excluding hydrogens is 605 g/mol. The number of nitrogens with zero attached hydrogens (tertiary/aromatic N) is 1. The van der Waals surface area contributed by atoms with E-state index in [1.807, 2.05) is 6.92 Å². The molecule has 41 heavy (non-hydrogen) atoms. The van der Waals surface area contributed by atoms with Gasteiger partial charge >= 0.3 is 0 Å². The first-order valence-electron chi connectivity index (χ1n) is 12.3. The fourth-order valence-corrected chi connectivity index (χ4v) is 7.02. The van der Waals surface area contributed by atoms with Gasteiger partial charge in [0.05, 0.1) is 21.2 Å². The van der Waals surface area contributed by atoms with E-state index < -0.39 is 32.5 Å². The molecule has 0 heterocycles. The maximum Gasteiger partial charge on any atom is 0.264 e. The fourth-order valence-electron chi connectivity index (χ4n) is 4.01. The van der Waals surface area contributed by atoms with Gasteiger partial charge in [0.25, 0.3) is 20.0 Å². The van der Waals surface area contributed by atoms with Gasteiger partial charge in [-0.2, -0.15) is 0 Å². The number of rotatable bonds is 9. The molecule has 0 spiro atoms. The average molecular weight is 633 g/mol. The molecule has 0 radical (unpaired) electrons. The Morgan fingerprint density at radius 3 is 2.07 bits per heavy atom. The summed E-state index contributed by atoms with van der Waals surface area (Å²) in [6.45, 7) is 4.71. The van der Waals surface area contributed by atoms with Crippen molar-refractivity contribution < 1.29 is 21.6 Å². The van der Waals surface area contributed by atoms with E-state index in [-0.39, 0.29) is 15.5 Å². The predicted octanol–water partition coefficient (Wildman–Crippen LogP) is 6.55. The first kappa shape index (κ1) is 30.4. The molecule has 214 valence electrons. The predicted molar refractivity (Wildman–Crippen MR) is 164 cm³/mol. The minimum absolute atomic E-state index is 0.0299. The van der Waals surface area contributed by atoms with Crippen LogP contribution in [0.2, 0.25) is 10.0 Å². The molecule has 0 aliphatic carbocycles. The molecule has 4 aromatic carbocycles. The summed E-state index contributed by atoms with van der Waals surface area (Å²) in [5, 5.41) is 3.50. The van der Waals surface area contributed by atoms with Crippen LogP contribution in [0.4, 0.5) is 17.1 Å². The number of hydrogen-bond acceptors (Lipinski definition) is 5. The lowest BCUT2D eigenvalue weighted by Crippen LogP contribution is -2.38. The quantitative estimate of drug-likeness (QED) is 0.217. The van der Waals surface area contributed by atoms with Gasteiger partial charge < -0.3 is 5.32 Å². The van der Waals surface area contributed by atoms with Gasteiger partial charge in [0, 0.05) is 15.7 Å². The molecule has 0 atom stereocenters. The zero-order valence-electron chi connectivity index (χ0n) is 22.4. The zero-order chi connectivity index (χ0) is 29.9. The van der Waals surface area contributed by atoms with Gasteiger partial charge in [-0.05, 0) is 98.6 Å². The van der Waals surface area contributed by atoms with Crippen LogP contribution in [0.5, 0.6) is 0 Å². The van der Waals surface area contributed by atoms with Crippen LogP contribution in [0.3, 0.4) is 0 Å². The van der Waals surface area contributed by atoms with Gasteiger partial charge in [-0.15, -0.1) is 0 Å². The van der Waals surface area contributed by atoms with Crippen LogP contribution in [-0.2, 0) is 24.8 Å². The van der Waals surface area contributed by atoms with Crippen molar-refractivity contribution in [2.75, 3.05) is 20.9 Å². The summed E-state index contributed by atoms with van der Waals surface area (Å²) in [6.07, 6.45) is 0.